The summed E-state index contributed by atoms with van der Waals surface area (Å²) in [4.78, 5) is 0. The summed E-state index contributed by atoms with van der Waals surface area (Å²) in [7, 11) is 0. The molecule has 42 valence electrons. The second kappa shape index (κ2) is 4.13. The van der Waals surface area contributed by atoms with Crippen LogP contribution in [0.2, 0.25) is 0 Å². The Bertz CT molecular complexity index is 25.7. The quantitative estimate of drug-likeness (QED) is 0.573. The van der Waals surface area contributed by atoms with Gasteiger partial charge in [0.05, 0.1) is 6.61 Å². The average molecular weight is 100 g/mol. The topological polar surface area (TPSA) is 20.2 Å². The van der Waals surface area contributed by atoms with Gasteiger partial charge in [-0.2, -0.15) is 0 Å². The Kier molecular flexibility index (Phi) is 4.10. The van der Waals surface area contributed by atoms with Gasteiger partial charge in [-0.05, 0) is 12.3 Å². The summed E-state index contributed by atoms with van der Waals surface area (Å²) in [6.07, 6.45) is 1.78. The Labute approximate surface area is 45.4 Å². The summed E-state index contributed by atoms with van der Waals surface area (Å²) in [5.74, 6) is 0.306. The van der Waals surface area contributed by atoms with Gasteiger partial charge >= 0.3 is 0 Å². The molecule has 0 aliphatic carbocycles. The zero-order chi connectivity index (χ0) is 5.70. The second-order valence-corrected chi connectivity index (χ2v) is 1.61. The van der Waals surface area contributed by atoms with Crippen LogP contribution in [0.1, 0.15) is 19.8 Å². The maximum atomic E-state index is 8.36. The molecule has 1 atom stereocenters. The Morgan fingerprint density at radius 1 is 1.86 bits per heavy atom. The predicted octanol–water partition coefficient (Wildman–Crippen LogP) is 1.77. The Hall–Kier alpha value is -0.0400. The molecule has 0 aromatic rings. The van der Waals surface area contributed by atoms with Crippen LogP contribution in [0.5, 0.6) is 0 Å². The molecule has 0 heterocycles. The van der Waals surface area contributed by atoms with Crippen molar-refractivity contribution in [2.24, 2.45) is 5.92 Å². The third kappa shape index (κ3) is 2.63. The SMILES string of the molecule is [CH2]CC([CH]O)CC. The van der Waals surface area contributed by atoms with Crippen LogP contribution in [-0.2, 0) is 0 Å². The lowest BCUT2D eigenvalue weighted by atomic mass is 10.1. The number of hydrogen-bond acceptors (Lipinski definition) is 1. The average Bonchev–Trinajstić information content (AvgIpc) is 1.72. The van der Waals surface area contributed by atoms with Gasteiger partial charge in [-0.1, -0.05) is 20.3 Å². The molecule has 2 radical (unpaired) electrons. The summed E-state index contributed by atoms with van der Waals surface area (Å²) in [6, 6.07) is 0. The van der Waals surface area contributed by atoms with Gasteiger partial charge in [-0.25, -0.2) is 0 Å². The van der Waals surface area contributed by atoms with E-state index in [0.29, 0.717) is 5.92 Å². The maximum absolute atomic E-state index is 8.36. The third-order valence-corrected chi connectivity index (χ3v) is 1.11. The summed E-state index contributed by atoms with van der Waals surface area (Å²) >= 11 is 0. The molecule has 0 bridgehead atoms. The van der Waals surface area contributed by atoms with Gasteiger partial charge in [0.1, 0.15) is 0 Å². The highest BCUT2D eigenvalue weighted by Gasteiger charge is 1.98. The van der Waals surface area contributed by atoms with E-state index in [1.54, 1.807) is 0 Å². The smallest absolute Gasteiger partial charge is 0.0829 e. The van der Waals surface area contributed by atoms with Crippen LogP contribution >= 0.6 is 0 Å². The van der Waals surface area contributed by atoms with Crippen LogP contribution in [-0.4, -0.2) is 5.11 Å². The molecule has 0 aromatic carbocycles. The highest BCUT2D eigenvalue weighted by molar-refractivity contribution is 4.64. The first-order chi connectivity index (χ1) is 3.35. The Balaban J connectivity index is 2.99. The van der Waals surface area contributed by atoms with Crippen molar-refractivity contribution in [3.8, 4) is 0 Å². The lowest BCUT2D eigenvalue weighted by Crippen LogP contribution is -1.95. The maximum Gasteiger partial charge on any atom is 0.0829 e. The van der Waals surface area contributed by atoms with Crippen molar-refractivity contribution < 1.29 is 5.11 Å². The van der Waals surface area contributed by atoms with Crippen LogP contribution in [0.4, 0.5) is 0 Å². The first kappa shape index (κ1) is 6.96. The molecule has 0 amide bonds. The largest absolute Gasteiger partial charge is 0.390 e. The summed E-state index contributed by atoms with van der Waals surface area (Å²) in [6.45, 7) is 6.88. The molecule has 1 unspecified atom stereocenters. The fourth-order valence-corrected chi connectivity index (χ4v) is 0.384. The Morgan fingerprint density at radius 3 is 2.43 bits per heavy atom. The molecule has 0 spiro atoms. The molecule has 0 aromatic heterocycles. The second-order valence-electron chi connectivity index (χ2n) is 1.61. The number of aliphatic hydroxyl groups excluding tert-OH is 1. The Morgan fingerprint density at radius 2 is 2.43 bits per heavy atom. The number of rotatable bonds is 3. The fraction of sp³-hybridized carbons (Fsp3) is 0.667. The van der Waals surface area contributed by atoms with Gasteiger partial charge in [-0.3, -0.25) is 0 Å². The van der Waals surface area contributed by atoms with Gasteiger partial charge in [0.2, 0.25) is 0 Å². The molecule has 0 aliphatic heterocycles. The first-order valence-electron chi connectivity index (χ1n) is 2.62. The molecule has 1 nitrogen and oxygen atoms in total. The van der Waals surface area contributed by atoms with Gasteiger partial charge in [0.25, 0.3) is 0 Å². The van der Waals surface area contributed by atoms with E-state index in [1.807, 2.05) is 6.92 Å². The van der Waals surface area contributed by atoms with E-state index in [4.69, 9.17) is 5.11 Å². The van der Waals surface area contributed by atoms with E-state index >= 15 is 0 Å². The number of aliphatic hydroxyl groups is 1. The van der Waals surface area contributed by atoms with Crippen molar-refractivity contribution in [3.05, 3.63) is 13.5 Å². The van der Waals surface area contributed by atoms with E-state index in [2.05, 4.69) is 6.92 Å². The molecule has 0 fully saturated rings. The van der Waals surface area contributed by atoms with E-state index in [1.165, 1.54) is 6.61 Å². The molecule has 0 rings (SSSR count). The summed E-state index contributed by atoms with van der Waals surface area (Å²) < 4.78 is 0. The lowest BCUT2D eigenvalue weighted by molar-refractivity contribution is 0.310. The van der Waals surface area contributed by atoms with Crippen LogP contribution in [0.25, 0.3) is 0 Å². The van der Waals surface area contributed by atoms with Gasteiger partial charge in [-0.15, -0.1) is 0 Å². The highest BCUT2D eigenvalue weighted by atomic mass is 16.3. The first-order valence-corrected chi connectivity index (χ1v) is 2.62. The highest BCUT2D eigenvalue weighted by Crippen LogP contribution is 2.07. The molecule has 0 aliphatic rings. The van der Waals surface area contributed by atoms with E-state index in [-0.39, 0.29) is 0 Å². The zero-order valence-corrected chi connectivity index (χ0v) is 4.72. The molecule has 0 saturated heterocycles. The molecule has 0 saturated carbocycles. The molecular weight excluding hydrogens is 88.1 g/mol. The van der Waals surface area contributed by atoms with Gasteiger partial charge < -0.3 is 5.11 Å². The monoisotopic (exact) mass is 100 g/mol. The van der Waals surface area contributed by atoms with Crippen molar-refractivity contribution >= 4 is 0 Å². The molecule has 7 heavy (non-hydrogen) atoms. The molecule has 1 heteroatoms. The van der Waals surface area contributed by atoms with Gasteiger partial charge in [0, 0.05) is 0 Å². The van der Waals surface area contributed by atoms with Gasteiger partial charge in [0.15, 0.2) is 0 Å². The minimum Gasteiger partial charge on any atom is -0.390 e. The van der Waals surface area contributed by atoms with E-state index < -0.39 is 0 Å². The fourth-order valence-electron chi connectivity index (χ4n) is 0.384. The van der Waals surface area contributed by atoms with Crippen LogP contribution < -0.4 is 0 Å². The van der Waals surface area contributed by atoms with Crippen molar-refractivity contribution in [1.82, 2.24) is 0 Å². The molecular formula is C6H12O. The van der Waals surface area contributed by atoms with Crippen molar-refractivity contribution in [3.63, 3.8) is 0 Å². The lowest BCUT2D eigenvalue weighted by Gasteiger charge is -2.03. The van der Waals surface area contributed by atoms with E-state index in [9.17, 15) is 0 Å². The van der Waals surface area contributed by atoms with E-state index in [0.717, 1.165) is 12.8 Å². The van der Waals surface area contributed by atoms with Crippen LogP contribution in [0, 0.1) is 19.4 Å². The normalized spacial score (nSPS) is 10.3. The van der Waals surface area contributed by atoms with Crippen molar-refractivity contribution in [1.29, 1.82) is 0 Å². The zero-order valence-electron chi connectivity index (χ0n) is 4.72. The number of hydrogen-bond donors (Lipinski definition) is 1. The standard InChI is InChI=1S/C6H12O/c1-3-6(4-2)5-7/h5-7H,1,3-4H2,2H3. The minimum absolute atomic E-state index is 0.306. The molecule has 1 N–H and O–H groups in total. The van der Waals surface area contributed by atoms with Crippen LogP contribution in [0.15, 0.2) is 0 Å². The third-order valence-electron chi connectivity index (χ3n) is 1.11. The van der Waals surface area contributed by atoms with Crippen molar-refractivity contribution in [2.45, 2.75) is 19.8 Å². The predicted molar refractivity (Wildman–Crippen MR) is 30.0 cm³/mol. The minimum atomic E-state index is 0.306. The summed E-state index contributed by atoms with van der Waals surface area (Å²) in [5.41, 5.74) is 0. The van der Waals surface area contributed by atoms with Crippen LogP contribution in [0.3, 0.4) is 0 Å². The summed E-state index contributed by atoms with van der Waals surface area (Å²) in [5, 5.41) is 8.36. The van der Waals surface area contributed by atoms with Crippen molar-refractivity contribution in [2.75, 3.05) is 0 Å².